The molecule has 0 aliphatic carbocycles. The predicted octanol–water partition coefficient (Wildman–Crippen LogP) is 7.90. The fraction of sp³-hybridized carbons (Fsp3) is 0.545. The topological polar surface area (TPSA) is 46.5 Å². The van der Waals surface area contributed by atoms with E-state index in [0.717, 1.165) is 63.3 Å². The molecule has 0 radical (unpaired) electrons. The molecule has 2 aromatic rings. The van der Waals surface area contributed by atoms with Crippen LogP contribution in [0, 0.1) is 5.92 Å². The summed E-state index contributed by atoms with van der Waals surface area (Å²) in [7, 11) is 0. The van der Waals surface area contributed by atoms with E-state index >= 15 is 0 Å². The van der Waals surface area contributed by atoms with Gasteiger partial charge in [-0.2, -0.15) is 0 Å². The lowest BCUT2D eigenvalue weighted by molar-refractivity contribution is 0.0697. The largest absolute Gasteiger partial charge is 0.494 e. The molecule has 1 aromatic carbocycles. The molecule has 212 valence electrons. The molecule has 4 rings (SSSR count). The van der Waals surface area contributed by atoms with Gasteiger partial charge in [-0.25, -0.2) is 0 Å². The van der Waals surface area contributed by atoms with Crippen LogP contribution in [0.5, 0.6) is 0 Å². The summed E-state index contributed by atoms with van der Waals surface area (Å²) in [6.07, 6.45) is 11.1. The van der Waals surface area contributed by atoms with Crippen LogP contribution in [0.4, 0.5) is 0 Å². The van der Waals surface area contributed by atoms with Gasteiger partial charge in [0.25, 0.3) is 5.91 Å². The zero-order chi connectivity index (χ0) is 28.5. The van der Waals surface area contributed by atoms with Gasteiger partial charge < -0.3 is 19.5 Å². The number of aromatic nitrogens is 1. The Bertz CT molecular complexity index is 1040. The molecular formula is C33H53N3O2. The molecule has 0 bridgehead atoms. The third-order valence-corrected chi connectivity index (χ3v) is 6.64. The van der Waals surface area contributed by atoms with Gasteiger partial charge in [-0.05, 0) is 61.6 Å². The standard InChI is InChI=1S/C27H35N3O2.3C2H6/c1-4-22(32-5-2)8-6-7-15-30-25-10-9-21(27(31)29-16-12-20(3)13-17-29)18-23(25)24-19-28-14-11-26(24)30;3*1-2/h4,6-10,18,20,28H,1,5,11-17,19H2,2-3H3;3*1-2H3/b7-6+,22-8+;;;. The number of rotatable bonds is 7. The van der Waals surface area contributed by atoms with Crippen LogP contribution in [0.25, 0.3) is 10.9 Å². The second-order valence-electron chi connectivity index (χ2n) is 8.80. The zero-order valence-corrected chi connectivity index (χ0v) is 25.4. The average Bonchev–Trinajstić information content (AvgIpc) is 3.30. The van der Waals surface area contributed by atoms with Crippen molar-refractivity contribution in [3.8, 4) is 0 Å². The van der Waals surface area contributed by atoms with Crippen LogP contribution in [-0.2, 0) is 24.2 Å². The molecule has 3 heterocycles. The molecule has 1 N–H and O–H groups in total. The van der Waals surface area contributed by atoms with Gasteiger partial charge in [0.1, 0.15) is 5.76 Å². The number of fused-ring (bicyclic) bond motifs is 3. The Morgan fingerprint density at radius 2 is 1.82 bits per heavy atom. The molecule has 0 unspecified atom stereocenters. The maximum absolute atomic E-state index is 13.1. The second kappa shape index (κ2) is 18.5. The molecule has 0 atom stereocenters. The molecule has 1 aromatic heterocycles. The van der Waals surface area contributed by atoms with Crippen molar-refractivity contribution >= 4 is 16.8 Å². The lowest BCUT2D eigenvalue weighted by Gasteiger charge is -2.30. The summed E-state index contributed by atoms with van der Waals surface area (Å²) in [5.74, 6) is 1.66. The molecule has 0 spiro atoms. The summed E-state index contributed by atoms with van der Waals surface area (Å²) in [6.45, 7) is 25.0. The molecule has 1 saturated heterocycles. The first-order chi connectivity index (χ1) is 18.6. The Labute approximate surface area is 232 Å². The first-order valence-electron chi connectivity index (χ1n) is 14.9. The Morgan fingerprint density at radius 3 is 2.45 bits per heavy atom. The maximum atomic E-state index is 13.1. The number of carbonyl (C=O) groups excluding carboxylic acids is 1. The third-order valence-electron chi connectivity index (χ3n) is 6.64. The first-order valence-corrected chi connectivity index (χ1v) is 14.9. The van der Waals surface area contributed by atoms with Gasteiger partial charge in [-0.1, -0.05) is 67.2 Å². The van der Waals surface area contributed by atoms with Crippen LogP contribution < -0.4 is 5.32 Å². The number of carbonyl (C=O) groups is 1. The van der Waals surface area contributed by atoms with Gasteiger partial charge in [0.05, 0.1) is 6.61 Å². The number of nitrogens with one attached hydrogen (secondary N) is 1. The maximum Gasteiger partial charge on any atom is 0.253 e. The van der Waals surface area contributed by atoms with E-state index in [4.69, 9.17) is 4.74 Å². The first kappa shape index (κ1) is 33.2. The molecule has 38 heavy (non-hydrogen) atoms. The number of piperidine rings is 1. The summed E-state index contributed by atoms with van der Waals surface area (Å²) in [6, 6.07) is 6.26. The molecular weight excluding hydrogens is 470 g/mol. The van der Waals surface area contributed by atoms with Crippen LogP contribution in [0.3, 0.4) is 0 Å². The van der Waals surface area contributed by atoms with E-state index in [2.05, 4.69) is 41.6 Å². The highest BCUT2D eigenvalue weighted by Crippen LogP contribution is 2.30. The van der Waals surface area contributed by atoms with Crippen LogP contribution in [0.2, 0.25) is 0 Å². The van der Waals surface area contributed by atoms with E-state index in [9.17, 15) is 4.79 Å². The van der Waals surface area contributed by atoms with Crippen LogP contribution in [0.15, 0.2) is 54.8 Å². The number of hydrogen-bond acceptors (Lipinski definition) is 3. The molecule has 0 saturated carbocycles. The van der Waals surface area contributed by atoms with E-state index in [1.807, 2.05) is 71.6 Å². The van der Waals surface area contributed by atoms with Crippen LogP contribution in [-0.4, -0.2) is 41.6 Å². The quantitative estimate of drug-likeness (QED) is 0.296. The summed E-state index contributed by atoms with van der Waals surface area (Å²) in [5.41, 5.74) is 4.71. The monoisotopic (exact) mass is 523 g/mol. The molecule has 2 aliphatic heterocycles. The minimum Gasteiger partial charge on any atom is -0.494 e. The van der Waals surface area contributed by atoms with Gasteiger partial charge in [0.2, 0.25) is 0 Å². The Hall–Kier alpha value is -2.79. The zero-order valence-electron chi connectivity index (χ0n) is 25.4. The summed E-state index contributed by atoms with van der Waals surface area (Å²) < 4.78 is 7.91. The van der Waals surface area contributed by atoms with Crippen molar-refractivity contribution in [2.45, 2.75) is 87.7 Å². The molecule has 2 aliphatic rings. The Morgan fingerprint density at radius 1 is 1.13 bits per heavy atom. The molecule has 5 nitrogen and oxygen atoms in total. The van der Waals surface area contributed by atoms with Crippen molar-refractivity contribution in [3.05, 3.63) is 71.7 Å². The van der Waals surface area contributed by atoms with Gasteiger partial charge in [-0.3, -0.25) is 4.79 Å². The summed E-state index contributed by atoms with van der Waals surface area (Å²) in [5, 5.41) is 4.71. The third kappa shape index (κ3) is 8.62. The molecule has 5 heteroatoms. The second-order valence-corrected chi connectivity index (χ2v) is 8.80. The SMILES string of the molecule is C=C/C(=C\C=C\Cn1c2c(c3cc(C(=O)N4CCC(C)CC4)ccc31)CNCC2)OCC.CC.CC.CC. The lowest BCUT2D eigenvalue weighted by Crippen LogP contribution is -2.37. The highest BCUT2D eigenvalue weighted by molar-refractivity contribution is 5.99. The van der Waals surface area contributed by atoms with Gasteiger partial charge >= 0.3 is 0 Å². The predicted molar refractivity (Wildman–Crippen MR) is 165 cm³/mol. The van der Waals surface area contributed by atoms with E-state index < -0.39 is 0 Å². The molecule has 1 amide bonds. The average molecular weight is 524 g/mol. The van der Waals surface area contributed by atoms with E-state index in [1.54, 1.807) is 6.08 Å². The van der Waals surface area contributed by atoms with Gasteiger partial charge in [-0.15, -0.1) is 0 Å². The van der Waals surface area contributed by atoms with E-state index in [0.29, 0.717) is 12.5 Å². The normalized spacial score (nSPS) is 15.4. The fourth-order valence-corrected chi connectivity index (χ4v) is 4.79. The number of benzene rings is 1. The Kier molecular flexibility index (Phi) is 16.1. The minimum absolute atomic E-state index is 0.169. The highest BCUT2D eigenvalue weighted by Gasteiger charge is 2.24. The number of hydrogen-bond donors (Lipinski definition) is 1. The van der Waals surface area contributed by atoms with Crippen LogP contribution in [0.1, 0.15) is 89.8 Å². The fourth-order valence-electron chi connectivity index (χ4n) is 4.79. The van der Waals surface area contributed by atoms with Crippen molar-refractivity contribution in [2.24, 2.45) is 5.92 Å². The minimum atomic E-state index is 0.169. The summed E-state index contributed by atoms with van der Waals surface area (Å²) in [4.78, 5) is 15.2. The highest BCUT2D eigenvalue weighted by atomic mass is 16.5. The van der Waals surface area contributed by atoms with Crippen molar-refractivity contribution in [3.63, 3.8) is 0 Å². The summed E-state index contributed by atoms with van der Waals surface area (Å²) >= 11 is 0. The van der Waals surface area contributed by atoms with Crippen molar-refractivity contribution in [1.82, 2.24) is 14.8 Å². The number of amides is 1. The Balaban J connectivity index is 0.00000112. The van der Waals surface area contributed by atoms with E-state index in [1.165, 1.54) is 22.2 Å². The van der Waals surface area contributed by atoms with Crippen molar-refractivity contribution < 1.29 is 9.53 Å². The van der Waals surface area contributed by atoms with Crippen molar-refractivity contribution in [2.75, 3.05) is 26.2 Å². The number of ether oxygens (including phenoxy) is 1. The van der Waals surface area contributed by atoms with Gasteiger partial charge in [0.15, 0.2) is 0 Å². The van der Waals surface area contributed by atoms with Crippen LogP contribution >= 0.6 is 0 Å². The number of allylic oxidation sites excluding steroid dienone is 4. The number of likely N-dealkylation sites (tertiary alicyclic amines) is 1. The molecule has 1 fully saturated rings. The van der Waals surface area contributed by atoms with Crippen molar-refractivity contribution in [1.29, 1.82) is 0 Å². The van der Waals surface area contributed by atoms with E-state index in [-0.39, 0.29) is 5.91 Å². The number of nitrogens with zero attached hydrogens (tertiary/aromatic N) is 2. The smallest absolute Gasteiger partial charge is 0.253 e. The van der Waals surface area contributed by atoms with Gasteiger partial charge in [0, 0.05) is 61.3 Å². The lowest BCUT2D eigenvalue weighted by atomic mass is 9.98.